The number of hydrogen-bond donors (Lipinski definition) is 2. The van der Waals surface area contributed by atoms with Crippen molar-refractivity contribution in [2.45, 2.75) is 51.2 Å². The van der Waals surface area contributed by atoms with Crippen LogP contribution in [0.5, 0.6) is 5.88 Å². The van der Waals surface area contributed by atoms with Crippen LogP contribution in [-0.2, 0) is 11.0 Å². The minimum atomic E-state index is -4.59. The summed E-state index contributed by atoms with van der Waals surface area (Å²) in [7, 11) is 0. The van der Waals surface area contributed by atoms with E-state index in [1.165, 1.54) is 6.07 Å². The van der Waals surface area contributed by atoms with Crippen LogP contribution in [0.3, 0.4) is 0 Å². The summed E-state index contributed by atoms with van der Waals surface area (Å²) in [5.74, 6) is -1.29. The summed E-state index contributed by atoms with van der Waals surface area (Å²) in [6, 6.07) is 2.05. The van der Waals surface area contributed by atoms with Crippen LogP contribution in [0, 0.1) is 5.92 Å². The highest BCUT2D eigenvalue weighted by Crippen LogP contribution is 2.37. The van der Waals surface area contributed by atoms with Gasteiger partial charge in [0, 0.05) is 0 Å². The lowest BCUT2D eigenvalue weighted by molar-refractivity contribution is -0.144. The predicted octanol–water partition coefficient (Wildman–Crippen LogP) is 4.09. The van der Waals surface area contributed by atoms with Gasteiger partial charge in [0.25, 0.3) is 0 Å². The number of halogens is 3. The first-order chi connectivity index (χ1) is 12.1. The molecule has 1 aromatic heterocycles. The fourth-order valence-electron chi connectivity index (χ4n) is 2.55. The van der Waals surface area contributed by atoms with E-state index in [4.69, 9.17) is 4.74 Å². The van der Waals surface area contributed by atoms with Crippen molar-refractivity contribution in [3.63, 3.8) is 0 Å². The summed E-state index contributed by atoms with van der Waals surface area (Å²) in [4.78, 5) is 15.5. The number of pyridine rings is 1. The smallest absolute Gasteiger partial charge is 0.421 e. The number of aliphatic carboxylic acids is 1. The highest BCUT2D eigenvalue weighted by molar-refractivity contribution is 5.81. The molecule has 0 spiro atoms. The average molecular weight is 372 g/mol. The Labute approximate surface area is 150 Å². The lowest BCUT2D eigenvalue weighted by Gasteiger charge is -2.30. The largest absolute Gasteiger partial charge is 0.480 e. The van der Waals surface area contributed by atoms with Gasteiger partial charge in [0.2, 0.25) is 5.88 Å². The first-order valence-corrected chi connectivity index (χ1v) is 8.54. The van der Waals surface area contributed by atoms with Gasteiger partial charge in [-0.25, -0.2) is 9.78 Å². The fourth-order valence-corrected chi connectivity index (χ4v) is 2.55. The third kappa shape index (κ3) is 4.47. The second-order valence-corrected chi connectivity index (χ2v) is 6.50. The van der Waals surface area contributed by atoms with Gasteiger partial charge in [-0.3, -0.25) is 0 Å². The van der Waals surface area contributed by atoms with Crippen LogP contribution in [0.1, 0.15) is 50.8 Å². The Morgan fingerprint density at radius 2 is 1.96 bits per heavy atom. The van der Waals surface area contributed by atoms with Gasteiger partial charge in [0.1, 0.15) is 11.1 Å². The normalized spacial score (nSPS) is 14.8. The summed E-state index contributed by atoms with van der Waals surface area (Å²) in [5.41, 5.74) is -1.95. The van der Waals surface area contributed by atoms with Gasteiger partial charge in [-0.15, -0.1) is 0 Å². The molecule has 1 saturated carbocycles. The quantitative estimate of drug-likeness (QED) is 0.683. The molecular formula is C18H23F3N2O3. The number of hydrogen-bond acceptors (Lipinski definition) is 4. The Hall–Kier alpha value is -2.25. The zero-order chi connectivity index (χ0) is 19.5. The van der Waals surface area contributed by atoms with E-state index in [0.717, 1.165) is 18.9 Å². The van der Waals surface area contributed by atoms with Crippen molar-refractivity contribution in [2.24, 2.45) is 5.92 Å². The van der Waals surface area contributed by atoms with Crippen LogP contribution < -0.4 is 10.1 Å². The van der Waals surface area contributed by atoms with E-state index >= 15 is 0 Å². The number of rotatable bonds is 9. The summed E-state index contributed by atoms with van der Waals surface area (Å²) >= 11 is 0. The van der Waals surface area contributed by atoms with Gasteiger partial charge >= 0.3 is 12.1 Å². The molecule has 0 aromatic carbocycles. The van der Waals surface area contributed by atoms with Crippen molar-refractivity contribution in [3.8, 4) is 5.88 Å². The molecule has 2 rings (SSSR count). The second kappa shape index (κ2) is 7.55. The number of nitrogens with zero attached hydrogens (tertiary/aromatic N) is 1. The minimum absolute atomic E-state index is 0.122. The van der Waals surface area contributed by atoms with Crippen molar-refractivity contribution < 1.29 is 27.8 Å². The monoisotopic (exact) mass is 372 g/mol. The number of nitrogens with one attached hydrogen (secondary N) is 1. The molecule has 1 aliphatic carbocycles. The van der Waals surface area contributed by atoms with E-state index in [1.807, 2.05) is 0 Å². The summed E-state index contributed by atoms with van der Waals surface area (Å²) < 4.78 is 44.8. The van der Waals surface area contributed by atoms with Gasteiger partial charge in [-0.05, 0) is 43.7 Å². The molecule has 144 valence electrons. The predicted molar refractivity (Wildman–Crippen MR) is 90.6 cm³/mol. The number of alkyl halides is 3. The third-order valence-electron chi connectivity index (χ3n) is 4.63. The summed E-state index contributed by atoms with van der Waals surface area (Å²) in [6.07, 6.45) is -2.16. The van der Waals surface area contributed by atoms with E-state index < -0.39 is 29.1 Å². The van der Waals surface area contributed by atoms with Crippen LogP contribution in [-0.4, -0.2) is 28.2 Å². The van der Waals surface area contributed by atoms with Crippen LogP contribution in [0.25, 0.3) is 5.70 Å². The van der Waals surface area contributed by atoms with Crippen LogP contribution in [0.4, 0.5) is 13.2 Å². The van der Waals surface area contributed by atoms with Crippen LogP contribution in [0.2, 0.25) is 0 Å². The Bertz CT molecular complexity index is 681. The van der Waals surface area contributed by atoms with E-state index in [1.54, 1.807) is 13.8 Å². The van der Waals surface area contributed by atoms with Gasteiger partial charge in [-0.1, -0.05) is 20.4 Å². The molecule has 0 saturated heterocycles. The number of ether oxygens (including phenoxy) is 1. The van der Waals surface area contributed by atoms with Gasteiger partial charge < -0.3 is 15.2 Å². The zero-order valence-electron chi connectivity index (χ0n) is 14.8. The fraction of sp³-hybridized carbons (Fsp3) is 0.556. The Balaban J connectivity index is 2.28. The van der Waals surface area contributed by atoms with Gasteiger partial charge in [-0.2, -0.15) is 13.2 Å². The Kier molecular flexibility index (Phi) is 5.83. The van der Waals surface area contributed by atoms with Crippen molar-refractivity contribution in [1.82, 2.24) is 10.3 Å². The Morgan fingerprint density at radius 1 is 1.35 bits per heavy atom. The van der Waals surface area contributed by atoms with E-state index in [2.05, 4.69) is 16.9 Å². The van der Waals surface area contributed by atoms with Crippen molar-refractivity contribution >= 4 is 11.7 Å². The van der Waals surface area contributed by atoms with E-state index in [9.17, 15) is 23.1 Å². The van der Waals surface area contributed by atoms with Crippen LogP contribution >= 0.6 is 0 Å². The highest BCUT2D eigenvalue weighted by atomic mass is 19.4. The first-order valence-electron chi connectivity index (χ1n) is 8.54. The second-order valence-electron chi connectivity index (χ2n) is 6.50. The van der Waals surface area contributed by atoms with Gasteiger partial charge in [0.15, 0.2) is 0 Å². The van der Waals surface area contributed by atoms with Crippen molar-refractivity contribution in [3.05, 3.63) is 30.0 Å². The van der Waals surface area contributed by atoms with Crippen molar-refractivity contribution in [2.75, 3.05) is 6.61 Å². The standard InChI is InChI=1S/C18H23F3N2O3/c1-4-17(5-2,16(24)25)23-11(3)14-9-8-13(18(19,20)21)15(22-14)26-10-12-6-7-12/h8-9,12,23H,3-7,10H2,1-2H3,(H,24,25). The molecule has 0 amide bonds. The SMILES string of the molecule is C=C(NC(CC)(CC)C(=O)O)c1ccc(C(F)(F)F)c(OCC2CC2)n1. The number of carboxylic acid groups (broad SMARTS) is 1. The average Bonchev–Trinajstić information content (AvgIpc) is 3.40. The molecule has 1 fully saturated rings. The Morgan fingerprint density at radius 3 is 2.42 bits per heavy atom. The molecule has 0 bridgehead atoms. The molecule has 0 radical (unpaired) electrons. The molecule has 0 aliphatic heterocycles. The molecule has 1 heterocycles. The third-order valence-corrected chi connectivity index (χ3v) is 4.63. The lowest BCUT2D eigenvalue weighted by Crippen LogP contribution is -2.50. The topological polar surface area (TPSA) is 71.5 Å². The van der Waals surface area contributed by atoms with Crippen molar-refractivity contribution in [1.29, 1.82) is 0 Å². The summed E-state index contributed by atoms with van der Waals surface area (Å²) in [6.45, 7) is 7.36. The molecule has 1 aromatic rings. The van der Waals surface area contributed by atoms with E-state index in [0.29, 0.717) is 0 Å². The molecular weight excluding hydrogens is 349 g/mol. The zero-order valence-corrected chi connectivity index (χ0v) is 14.8. The molecule has 8 heteroatoms. The number of carbonyl (C=O) groups is 1. The lowest BCUT2D eigenvalue weighted by atomic mass is 9.92. The molecule has 1 aliphatic rings. The molecule has 26 heavy (non-hydrogen) atoms. The first kappa shape index (κ1) is 20.1. The maximum atomic E-state index is 13.2. The maximum Gasteiger partial charge on any atom is 0.421 e. The highest BCUT2D eigenvalue weighted by Gasteiger charge is 2.38. The van der Waals surface area contributed by atoms with E-state index in [-0.39, 0.29) is 36.8 Å². The molecule has 0 atom stereocenters. The minimum Gasteiger partial charge on any atom is -0.480 e. The molecule has 2 N–H and O–H groups in total. The number of aromatic nitrogens is 1. The number of carboxylic acids is 1. The molecule has 5 nitrogen and oxygen atoms in total. The summed E-state index contributed by atoms with van der Waals surface area (Å²) in [5, 5.41) is 12.3. The molecule has 0 unspecified atom stereocenters. The van der Waals surface area contributed by atoms with Gasteiger partial charge in [0.05, 0.1) is 18.0 Å². The maximum absolute atomic E-state index is 13.2. The van der Waals surface area contributed by atoms with Crippen LogP contribution in [0.15, 0.2) is 18.7 Å².